The summed E-state index contributed by atoms with van der Waals surface area (Å²) >= 11 is 6.18. The van der Waals surface area contributed by atoms with Gasteiger partial charge >= 0.3 is 0 Å². The molecule has 1 saturated heterocycles. The highest BCUT2D eigenvalue weighted by atomic mass is 35.5. The average molecular weight is 332 g/mol. The van der Waals surface area contributed by atoms with E-state index in [4.69, 9.17) is 11.6 Å². The summed E-state index contributed by atoms with van der Waals surface area (Å²) in [7, 11) is -2.85. The molecule has 1 atom stereocenters. The van der Waals surface area contributed by atoms with Crippen LogP contribution < -0.4 is 5.32 Å². The summed E-state index contributed by atoms with van der Waals surface area (Å²) in [5.41, 5.74) is 0.607. The fraction of sp³-hybridized carbons (Fsp3) is 0.714. The molecule has 1 N–H and O–H groups in total. The molecule has 1 aromatic heterocycles. The lowest BCUT2D eigenvalue weighted by Gasteiger charge is -2.20. The van der Waals surface area contributed by atoms with E-state index >= 15 is 0 Å². The zero-order valence-electron chi connectivity index (χ0n) is 12.9. The molecule has 1 aromatic rings. The molecule has 118 valence electrons. The summed E-state index contributed by atoms with van der Waals surface area (Å²) in [6.45, 7) is 8.55. The molecule has 1 unspecified atom stereocenters. The van der Waals surface area contributed by atoms with Crippen molar-refractivity contribution >= 4 is 27.3 Å². The summed E-state index contributed by atoms with van der Waals surface area (Å²) in [4.78, 5) is 8.87. The van der Waals surface area contributed by atoms with Crippen molar-refractivity contribution in [1.29, 1.82) is 0 Å². The van der Waals surface area contributed by atoms with E-state index in [1.165, 1.54) is 0 Å². The lowest BCUT2D eigenvalue weighted by molar-refractivity contribution is 0.544. The number of sulfone groups is 1. The molecule has 21 heavy (non-hydrogen) atoms. The lowest BCUT2D eigenvalue weighted by Crippen LogP contribution is -2.21. The van der Waals surface area contributed by atoms with Gasteiger partial charge in [-0.05, 0) is 19.3 Å². The van der Waals surface area contributed by atoms with Gasteiger partial charge in [0.1, 0.15) is 16.8 Å². The zero-order valence-corrected chi connectivity index (χ0v) is 14.5. The van der Waals surface area contributed by atoms with Gasteiger partial charge in [0.25, 0.3) is 0 Å². The highest BCUT2D eigenvalue weighted by molar-refractivity contribution is 7.91. The van der Waals surface area contributed by atoms with Crippen molar-refractivity contribution in [2.75, 3.05) is 23.4 Å². The third-order valence-electron chi connectivity index (χ3n) is 3.64. The van der Waals surface area contributed by atoms with Gasteiger partial charge in [-0.25, -0.2) is 18.4 Å². The van der Waals surface area contributed by atoms with Crippen LogP contribution in [0.4, 0.5) is 5.82 Å². The number of nitrogens with zero attached hydrogens (tertiary/aromatic N) is 2. The predicted molar refractivity (Wildman–Crippen MR) is 85.7 cm³/mol. The van der Waals surface area contributed by atoms with Crippen LogP contribution in [-0.4, -0.2) is 36.4 Å². The van der Waals surface area contributed by atoms with Gasteiger partial charge in [-0.2, -0.15) is 0 Å². The van der Waals surface area contributed by atoms with E-state index in [-0.39, 0.29) is 22.8 Å². The number of anilines is 1. The Morgan fingerprint density at radius 2 is 2.00 bits per heavy atom. The standard InChI is InChI=1S/C14H22ClN3O2S/c1-9-11(15)17-13(14(2,3)4)18-12(9)16-7-10-5-6-21(19,20)8-10/h10H,5-8H2,1-4H3,(H,16,17,18). The summed E-state index contributed by atoms with van der Waals surface area (Å²) in [6, 6.07) is 0. The van der Waals surface area contributed by atoms with E-state index in [9.17, 15) is 8.42 Å². The molecule has 0 saturated carbocycles. The minimum atomic E-state index is -2.85. The molecule has 0 amide bonds. The second-order valence-corrected chi connectivity index (χ2v) is 9.30. The molecule has 0 bridgehead atoms. The fourth-order valence-electron chi connectivity index (χ4n) is 2.27. The van der Waals surface area contributed by atoms with E-state index in [1.54, 1.807) is 0 Å². The average Bonchev–Trinajstić information content (AvgIpc) is 2.69. The van der Waals surface area contributed by atoms with Crippen molar-refractivity contribution in [3.63, 3.8) is 0 Å². The van der Waals surface area contributed by atoms with E-state index in [1.807, 2.05) is 27.7 Å². The Kier molecular flexibility index (Phi) is 4.49. The van der Waals surface area contributed by atoms with E-state index in [0.29, 0.717) is 29.8 Å². The molecular formula is C14H22ClN3O2S. The third-order valence-corrected chi connectivity index (χ3v) is 5.85. The van der Waals surface area contributed by atoms with E-state index in [0.717, 1.165) is 5.56 Å². The highest BCUT2D eigenvalue weighted by Crippen LogP contribution is 2.27. The van der Waals surface area contributed by atoms with E-state index in [2.05, 4.69) is 15.3 Å². The van der Waals surface area contributed by atoms with Gasteiger partial charge in [0.15, 0.2) is 9.84 Å². The molecule has 0 aliphatic carbocycles. The molecule has 2 rings (SSSR count). The maximum Gasteiger partial charge on any atom is 0.150 e. The monoisotopic (exact) mass is 331 g/mol. The van der Waals surface area contributed by atoms with E-state index < -0.39 is 9.84 Å². The predicted octanol–water partition coefficient (Wildman–Crippen LogP) is 2.58. The summed E-state index contributed by atoms with van der Waals surface area (Å²) in [5, 5.41) is 3.69. The molecule has 7 heteroatoms. The first-order valence-corrected chi connectivity index (χ1v) is 9.27. The number of nitrogens with one attached hydrogen (secondary N) is 1. The second-order valence-electron chi connectivity index (χ2n) is 6.71. The minimum absolute atomic E-state index is 0.140. The molecule has 0 aromatic carbocycles. The number of halogens is 1. The maximum absolute atomic E-state index is 11.5. The smallest absolute Gasteiger partial charge is 0.150 e. The lowest BCUT2D eigenvalue weighted by atomic mass is 9.95. The van der Waals surface area contributed by atoms with Crippen molar-refractivity contribution in [2.24, 2.45) is 5.92 Å². The molecule has 1 fully saturated rings. The van der Waals surface area contributed by atoms with Crippen LogP contribution in [0.3, 0.4) is 0 Å². The molecule has 1 aliphatic rings. The van der Waals surface area contributed by atoms with Crippen LogP contribution in [0, 0.1) is 12.8 Å². The number of aromatic nitrogens is 2. The summed E-state index contributed by atoms with van der Waals surface area (Å²) in [6.07, 6.45) is 0.708. The van der Waals surface area contributed by atoms with Crippen LogP contribution in [0.1, 0.15) is 38.6 Å². The normalized spacial score (nSPS) is 21.5. The van der Waals surface area contributed by atoms with Gasteiger partial charge in [-0.1, -0.05) is 32.4 Å². The van der Waals surface area contributed by atoms with Crippen LogP contribution in [0.25, 0.3) is 0 Å². The van der Waals surface area contributed by atoms with Crippen LogP contribution >= 0.6 is 11.6 Å². The Hall–Kier alpha value is -0.880. The molecule has 1 aliphatic heterocycles. The number of hydrogen-bond acceptors (Lipinski definition) is 5. The number of hydrogen-bond donors (Lipinski definition) is 1. The SMILES string of the molecule is Cc1c(Cl)nc(C(C)(C)C)nc1NCC1CCS(=O)(=O)C1. The van der Waals surface area contributed by atoms with Crippen LogP contribution in [0.15, 0.2) is 0 Å². The van der Waals surface area contributed by atoms with Crippen molar-refractivity contribution in [2.45, 2.75) is 39.5 Å². The van der Waals surface area contributed by atoms with Gasteiger partial charge < -0.3 is 5.32 Å². The Balaban J connectivity index is 2.15. The molecular weight excluding hydrogens is 310 g/mol. The summed E-state index contributed by atoms with van der Waals surface area (Å²) < 4.78 is 23.0. The molecule has 2 heterocycles. The van der Waals surface area contributed by atoms with Crippen molar-refractivity contribution in [3.8, 4) is 0 Å². The number of rotatable bonds is 3. The van der Waals surface area contributed by atoms with Crippen LogP contribution in [0.5, 0.6) is 0 Å². The van der Waals surface area contributed by atoms with Gasteiger partial charge in [0, 0.05) is 17.5 Å². The van der Waals surface area contributed by atoms with Gasteiger partial charge in [0.05, 0.1) is 11.5 Å². The van der Waals surface area contributed by atoms with Gasteiger partial charge in [-0.3, -0.25) is 0 Å². The first-order valence-electron chi connectivity index (χ1n) is 7.07. The van der Waals surface area contributed by atoms with Crippen molar-refractivity contribution in [1.82, 2.24) is 9.97 Å². The van der Waals surface area contributed by atoms with Gasteiger partial charge in [0.2, 0.25) is 0 Å². The Morgan fingerprint density at radius 1 is 1.33 bits per heavy atom. The van der Waals surface area contributed by atoms with Crippen LogP contribution in [0.2, 0.25) is 5.15 Å². The second kappa shape index (κ2) is 5.72. The third kappa shape index (κ3) is 4.07. The Morgan fingerprint density at radius 3 is 2.52 bits per heavy atom. The Labute approximate surface area is 131 Å². The summed E-state index contributed by atoms with van der Waals surface area (Å²) in [5.74, 6) is 2.06. The van der Waals surface area contributed by atoms with Crippen LogP contribution in [-0.2, 0) is 15.3 Å². The van der Waals surface area contributed by atoms with Gasteiger partial charge in [-0.15, -0.1) is 0 Å². The first-order chi connectivity index (χ1) is 9.58. The highest BCUT2D eigenvalue weighted by Gasteiger charge is 2.28. The Bertz CT molecular complexity index is 638. The molecule has 5 nitrogen and oxygen atoms in total. The largest absolute Gasteiger partial charge is 0.369 e. The topological polar surface area (TPSA) is 72.0 Å². The van der Waals surface area contributed by atoms with Crippen molar-refractivity contribution < 1.29 is 8.42 Å². The molecule has 0 spiro atoms. The zero-order chi connectivity index (χ0) is 15.8. The first kappa shape index (κ1) is 16.5. The fourth-order valence-corrected chi connectivity index (χ4v) is 4.30. The molecule has 0 radical (unpaired) electrons. The minimum Gasteiger partial charge on any atom is -0.369 e. The van der Waals surface area contributed by atoms with Crippen molar-refractivity contribution in [3.05, 3.63) is 16.5 Å². The maximum atomic E-state index is 11.5. The quantitative estimate of drug-likeness (QED) is 0.862.